The molecule has 3 heterocycles. The molecule has 0 spiro atoms. The zero-order valence-corrected chi connectivity index (χ0v) is 67.4. The fraction of sp³-hybridized carbons (Fsp3) is 0.943. The summed E-state index contributed by atoms with van der Waals surface area (Å²) in [7, 11) is 0. The Morgan fingerprint density at radius 2 is 0.604 bits per heavy atom. The van der Waals surface area contributed by atoms with Gasteiger partial charge in [0.15, 0.2) is 18.9 Å². The molecule has 0 aliphatic carbocycles. The molecule has 0 saturated carbocycles. The highest BCUT2D eigenvalue weighted by Gasteiger charge is 2.54. The molecule has 0 aromatic carbocycles. The van der Waals surface area contributed by atoms with Gasteiger partial charge in [0.2, 0.25) is 5.91 Å². The second kappa shape index (κ2) is 67.7. The minimum atomic E-state index is -1.98. The summed E-state index contributed by atoms with van der Waals surface area (Å²) >= 11 is 0. The topological polar surface area (TPSA) is 307 Å². The number of hydrogen-bond acceptors (Lipinski definition) is 18. The summed E-state index contributed by atoms with van der Waals surface area (Å²) in [5.74, 6) is -0.276. The van der Waals surface area contributed by atoms with E-state index in [4.69, 9.17) is 28.4 Å². The number of unbranched alkanes of at least 4 members (excludes halogenated alkanes) is 55. The van der Waals surface area contributed by atoms with Crippen molar-refractivity contribution in [2.75, 3.05) is 26.4 Å². The van der Waals surface area contributed by atoms with Gasteiger partial charge in [-0.3, -0.25) is 4.79 Å². The van der Waals surface area contributed by atoms with Crippen LogP contribution in [0, 0.1) is 0 Å². The zero-order chi connectivity index (χ0) is 76.7. The summed E-state index contributed by atoms with van der Waals surface area (Å²) in [5.41, 5.74) is 0. The van der Waals surface area contributed by atoms with Gasteiger partial charge in [-0.15, -0.1) is 0 Å². The maximum Gasteiger partial charge on any atom is 0.220 e. The van der Waals surface area contributed by atoms with Gasteiger partial charge in [0.25, 0.3) is 0 Å². The quantitative estimate of drug-likeness (QED) is 0.0199. The lowest BCUT2D eigenvalue weighted by molar-refractivity contribution is -0.379. The number of hydrogen-bond donors (Lipinski definition) is 12. The molecule has 0 aromatic heterocycles. The molecule has 17 atom stereocenters. The van der Waals surface area contributed by atoms with E-state index in [0.717, 1.165) is 38.5 Å². The third-order valence-corrected chi connectivity index (χ3v) is 22.5. The van der Waals surface area contributed by atoms with E-state index in [-0.39, 0.29) is 18.9 Å². The minimum Gasteiger partial charge on any atom is -0.394 e. The molecule has 3 rings (SSSR count). The van der Waals surface area contributed by atoms with Crippen molar-refractivity contribution in [1.29, 1.82) is 0 Å². The van der Waals surface area contributed by atoms with Gasteiger partial charge in [0.05, 0.1) is 38.6 Å². The van der Waals surface area contributed by atoms with Crippen LogP contribution in [0.15, 0.2) is 24.3 Å². The van der Waals surface area contributed by atoms with Crippen molar-refractivity contribution < 1.29 is 89.4 Å². The number of nitrogens with one attached hydrogen (secondary N) is 1. The molecular weight excluding hydrogens is 1350 g/mol. The summed E-state index contributed by atoms with van der Waals surface area (Å²) in [6, 6.07) is -0.989. The van der Waals surface area contributed by atoms with Gasteiger partial charge < -0.3 is 89.9 Å². The Morgan fingerprint density at radius 1 is 0.330 bits per heavy atom. The third-order valence-electron chi connectivity index (χ3n) is 22.5. The van der Waals surface area contributed by atoms with Crippen LogP contribution < -0.4 is 5.32 Å². The summed E-state index contributed by atoms with van der Waals surface area (Å²) in [4.78, 5) is 13.5. The van der Waals surface area contributed by atoms with E-state index in [1.54, 1.807) is 6.08 Å². The number of allylic oxidation sites excluding steroid dienone is 3. The first-order valence-electron chi connectivity index (χ1n) is 44.6. The largest absolute Gasteiger partial charge is 0.394 e. The highest BCUT2D eigenvalue weighted by Crippen LogP contribution is 2.34. The van der Waals surface area contributed by atoms with Crippen molar-refractivity contribution >= 4 is 5.91 Å². The second-order valence-electron chi connectivity index (χ2n) is 32.1. The molecule has 17 unspecified atom stereocenters. The predicted octanol–water partition coefficient (Wildman–Crippen LogP) is 16.5. The Morgan fingerprint density at radius 3 is 0.943 bits per heavy atom. The van der Waals surface area contributed by atoms with Crippen LogP contribution in [0.5, 0.6) is 0 Å². The summed E-state index contributed by atoms with van der Waals surface area (Å²) < 4.78 is 34.5. The van der Waals surface area contributed by atoms with E-state index in [0.29, 0.717) is 12.8 Å². The molecule has 0 aromatic rings. The normalized spacial score (nSPS) is 25.7. The first-order chi connectivity index (χ1) is 51.8. The van der Waals surface area contributed by atoms with Crippen LogP contribution in [0.4, 0.5) is 0 Å². The van der Waals surface area contributed by atoms with Gasteiger partial charge in [-0.25, -0.2) is 0 Å². The number of amides is 1. The molecule has 19 heteroatoms. The molecule has 0 radical (unpaired) electrons. The smallest absolute Gasteiger partial charge is 0.220 e. The van der Waals surface area contributed by atoms with E-state index < -0.39 is 124 Å². The minimum absolute atomic E-state index is 0.241. The van der Waals surface area contributed by atoms with Gasteiger partial charge in [-0.1, -0.05) is 378 Å². The van der Waals surface area contributed by atoms with Crippen molar-refractivity contribution in [3.8, 4) is 0 Å². The SMILES string of the molecule is CCCCCCCCCCCCCCCCC/C=C/CC/C=C/C(O)C(COC1OC(CO)C(OC2OC(CO)C(OC3OC(CO)C(O)C(O)C3O)C(O)C2O)C(O)C1O)NC(=O)CCCCCCCCCCCCCCCCCCCCCCCCCCCCCCCCCCCCCCCCCC. The molecule has 3 fully saturated rings. The average molecular weight is 1510 g/mol. The average Bonchev–Trinajstić information content (AvgIpc) is 0.781. The van der Waals surface area contributed by atoms with Gasteiger partial charge in [-0.05, 0) is 32.1 Å². The molecule has 12 N–H and O–H groups in total. The monoisotopic (exact) mass is 1510 g/mol. The van der Waals surface area contributed by atoms with E-state index in [2.05, 4.69) is 31.3 Å². The number of aliphatic hydroxyl groups excluding tert-OH is 11. The van der Waals surface area contributed by atoms with Crippen molar-refractivity contribution in [3.63, 3.8) is 0 Å². The Balaban J connectivity index is 1.29. The summed E-state index contributed by atoms with van der Waals surface area (Å²) in [6.07, 6.45) is 57.9. The van der Waals surface area contributed by atoms with Crippen molar-refractivity contribution in [1.82, 2.24) is 5.32 Å². The number of carbonyl (C=O) groups is 1. The maximum absolute atomic E-state index is 13.5. The Hall–Kier alpha value is -1.73. The third kappa shape index (κ3) is 46.4. The van der Waals surface area contributed by atoms with Crippen LogP contribution in [0.25, 0.3) is 0 Å². The van der Waals surface area contributed by atoms with E-state index in [9.17, 15) is 61.0 Å². The highest BCUT2D eigenvalue weighted by atomic mass is 16.8. The maximum atomic E-state index is 13.5. The molecular formula is C87H165NO18. The first-order valence-corrected chi connectivity index (χ1v) is 44.6. The summed E-state index contributed by atoms with van der Waals surface area (Å²) in [5, 5.41) is 121. The van der Waals surface area contributed by atoms with Crippen LogP contribution in [-0.4, -0.2) is 193 Å². The Labute approximate surface area is 645 Å². The lowest BCUT2D eigenvalue weighted by atomic mass is 9.96. The fourth-order valence-electron chi connectivity index (χ4n) is 15.4. The van der Waals surface area contributed by atoms with Crippen LogP contribution in [-0.2, 0) is 33.2 Å². The zero-order valence-electron chi connectivity index (χ0n) is 67.4. The molecule has 106 heavy (non-hydrogen) atoms. The van der Waals surface area contributed by atoms with E-state index in [1.807, 2.05) is 6.08 Å². The highest BCUT2D eigenvalue weighted by molar-refractivity contribution is 5.76. The number of carbonyl (C=O) groups excluding carboxylic acids is 1. The molecule has 3 saturated heterocycles. The molecule has 0 bridgehead atoms. The first kappa shape index (κ1) is 98.5. The van der Waals surface area contributed by atoms with Crippen molar-refractivity contribution in [2.24, 2.45) is 0 Å². The lowest BCUT2D eigenvalue weighted by Crippen LogP contribution is -2.66. The number of aliphatic hydroxyl groups is 11. The lowest BCUT2D eigenvalue weighted by Gasteiger charge is -2.48. The van der Waals surface area contributed by atoms with Gasteiger partial charge >= 0.3 is 0 Å². The molecule has 626 valence electrons. The molecule has 3 aliphatic heterocycles. The Bertz CT molecular complexity index is 2000. The fourth-order valence-corrected chi connectivity index (χ4v) is 15.4. The molecule has 19 nitrogen and oxygen atoms in total. The van der Waals surface area contributed by atoms with Gasteiger partial charge in [0, 0.05) is 6.42 Å². The summed E-state index contributed by atoms with van der Waals surface area (Å²) in [6.45, 7) is 1.78. The van der Waals surface area contributed by atoms with Crippen molar-refractivity contribution in [2.45, 2.75) is 497 Å². The second-order valence-corrected chi connectivity index (χ2v) is 32.1. The standard InChI is InChI=1S/C87H165NO18/c1-3-5-7-9-11-13-15-17-19-21-23-25-26-27-28-29-30-31-32-33-34-35-36-37-38-39-40-41-42-43-45-47-49-51-53-55-57-59-61-63-65-75(93)88-70(71(92)64-62-60-58-56-54-52-50-48-46-44-24-22-20-18-16-14-12-10-8-6-4-2)69-101-85-81(99)78(96)83(73(67-90)103-85)106-87-82(100)79(97)84(74(68-91)104-87)105-86-80(98)77(95)76(94)72(66-89)102-86/h54,56,62,64,70-74,76-87,89-92,94-100H,3-53,55,57-61,63,65-69H2,1-2H3,(H,88,93)/b56-54+,64-62+. The van der Waals surface area contributed by atoms with Crippen LogP contribution >= 0.6 is 0 Å². The molecule has 1 amide bonds. The van der Waals surface area contributed by atoms with E-state index in [1.165, 1.54) is 321 Å². The van der Waals surface area contributed by atoms with Crippen LogP contribution in [0.2, 0.25) is 0 Å². The van der Waals surface area contributed by atoms with Gasteiger partial charge in [0.1, 0.15) is 73.2 Å². The van der Waals surface area contributed by atoms with Gasteiger partial charge in [-0.2, -0.15) is 0 Å². The van der Waals surface area contributed by atoms with Crippen molar-refractivity contribution in [3.05, 3.63) is 24.3 Å². The van der Waals surface area contributed by atoms with Crippen LogP contribution in [0.3, 0.4) is 0 Å². The van der Waals surface area contributed by atoms with Crippen LogP contribution in [0.1, 0.15) is 393 Å². The predicted molar refractivity (Wildman–Crippen MR) is 425 cm³/mol. The van der Waals surface area contributed by atoms with E-state index >= 15 is 0 Å². The Kier molecular flexibility index (Phi) is 62.9. The number of ether oxygens (including phenoxy) is 6. The molecule has 3 aliphatic rings. The number of rotatable bonds is 73.